The zero-order valence-electron chi connectivity index (χ0n) is 8.68. The zero-order chi connectivity index (χ0) is 10.3. The van der Waals surface area contributed by atoms with Crippen molar-refractivity contribution in [3.63, 3.8) is 0 Å². The van der Waals surface area contributed by atoms with E-state index in [-0.39, 0.29) is 18.1 Å². The van der Waals surface area contributed by atoms with Gasteiger partial charge < -0.3 is 15.7 Å². The molecule has 0 aliphatic rings. The number of amides is 1. The first-order chi connectivity index (χ1) is 5.95. The molecule has 0 aliphatic carbocycles. The lowest BCUT2D eigenvalue weighted by Gasteiger charge is -2.20. The van der Waals surface area contributed by atoms with Crippen LogP contribution in [0.1, 0.15) is 27.2 Å². The van der Waals surface area contributed by atoms with E-state index in [0.29, 0.717) is 19.5 Å². The summed E-state index contributed by atoms with van der Waals surface area (Å²) in [6.07, 6.45) is 0.456. The van der Waals surface area contributed by atoms with E-state index in [2.05, 4.69) is 31.4 Å². The number of hydrogen-bond acceptors (Lipinski definition) is 3. The van der Waals surface area contributed by atoms with Crippen molar-refractivity contribution in [1.82, 2.24) is 10.6 Å². The van der Waals surface area contributed by atoms with Crippen molar-refractivity contribution in [3.05, 3.63) is 0 Å². The molecule has 13 heavy (non-hydrogen) atoms. The minimum absolute atomic E-state index is 0.00155. The second-order valence-corrected chi connectivity index (χ2v) is 4.00. The average molecular weight is 188 g/mol. The fraction of sp³-hybridized carbons (Fsp3) is 0.889. The van der Waals surface area contributed by atoms with Crippen LogP contribution in [0.5, 0.6) is 0 Å². The molecule has 3 N–H and O–H groups in total. The molecule has 0 unspecified atom stereocenters. The molecular formula is C9H20N2O2. The van der Waals surface area contributed by atoms with Crippen LogP contribution in [0.3, 0.4) is 0 Å². The normalized spacial score (nSPS) is 11.4. The van der Waals surface area contributed by atoms with Gasteiger partial charge in [-0.2, -0.15) is 0 Å². The highest BCUT2D eigenvalue weighted by molar-refractivity contribution is 5.76. The Hall–Kier alpha value is -0.610. The molecule has 0 spiro atoms. The van der Waals surface area contributed by atoms with Gasteiger partial charge >= 0.3 is 0 Å². The molecule has 0 saturated carbocycles. The summed E-state index contributed by atoms with van der Waals surface area (Å²) in [7, 11) is 0. The summed E-state index contributed by atoms with van der Waals surface area (Å²) < 4.78 is 0. The third-order valence-corrected chi connectivity index (χ3v) is 1.44. The van der Waals surface area contributed by atoms with Gasteiger partial charge in [0.25, 0.3) is 0 Å². The van der Waals surface area contributed by atoms with Crippen LogP contribution in [-0.2, 0) is 4.79 Å². The maximum Gasteiger partial charge on any atom is 0.221 e. The lowest BCUT2D eigenvalue weighted by atomic mass is 10.1. The molecule has 0 aromatic rings. The van der Waals surface area contributed by atoms with E-state index < -0.39 is 0 Å². The van der Waals surface area contributed by atoms with Crippen molar-refractivity contribution >= 4 is 5.91 Å². The van der Waals surface area contributed by atoms with Gasteiger partial charge in [0.05, 0.1) is 6.61 Å². The maximum atomic E-state index is 11.0. The topological polar surface area (TPSA) is 61.4 Å². The van der Waals surface area contributed by atoms with E-state index in [1.54, 1.807) is 0 Å². The lowest BCUT2D eigenvalue weighted by molar-refractivity contribution is -0.121. The van der Waals surface area contributed by atoms with Gasteiger partial charge in [0, 0.05) is 25.0 Å². The number of aliphatic hydroxyl groups excluding tert-OH is 1. The number of hydrogen-bond donors (Lipinski definition) is 3. The molecule has 78 valence electrons. The summed E-state index contributed by atoms with van der Waals surface area (Å²) >= 11 is 0. The van der Waals surface area contributed by atoms with E-state index in [9.17, 15) is 4.79 Å². The molecule has 0 aromatic carbocycles. The molecule has 4 nitrogen and oxygen atoms in total. The quantitative estimate of drug-likeness (QED) is 0.563. The van der Waals surface area contributed by atoms with Gasteiger partial charge in [-0.05, 0) is 20.8 Å². The average Bonchev–Trinajstić information content (AvgIpc) is 1.98. The van der Waals surface area contributed by atoms with Crippen molar-refractivity contribution in [1.29, 1.82) is 0 Å². The summed E-state index contributed by atoms with van der Waals surface area (Å²) in [4.78, 5) is 11.0. The highest BCUT2D eigenvalue weighted by Gasteiger charge is 2.08. The summed E-state index contributed by atoms with van der Waals surface area (Å²) in [5.74, 6) is -0.0224. The Labute approximate surface area is 79.7 Å². The summed E-state index contributed by atoms with van der Waals surface area (Å²) in [6.45, 7) is 7.17. The van der Waals surface area contributed by atoms with Crippen molar-refractivity contribution in [2.45, 2.75) is 32.7 Å². The summed E-state index contributed by atoms with van der Waals surface area (Å²) in [6, 6.07) is 0. The van der Waals surface area contributed by atoms with Gasteiger partial charge in [-0.25, -0.2) is 0 Å². The number of aliphatic hydroxyl groups is 1. The molecule has 0 aliphatic heterocycles. The van der Waals surface area contributed by atoms with Crippen LogP contribution in [0.2, 0.25) is 0 Å². The van der Waals surface area contributed by atoms with Gasteiger partial charge in [-0.15, -0.1) is 0 Å². The Bertz CT molecular complexity index is 152. The lowest BCUT2D eigenvalue weighted by Crippen LogP contribution is -2.38. The largest absolute Gasteiger partial charge is 0.395 e. The number of nitrogens with one attached hydrogen (secondary N) is 2. The molecule has 0 heterocycles. The molecule has 0 saturated heterocycles. The Balaban J connectivity index is 3.37. The Morgan fingerprint density at radius 2 is 1.92 bits per heavy atom. The van der Waals surface area contributed by atoms with E-state index in [1.165, 1.54) is 0 Å². The minimum Gasteiger partial charge on any atom is -0.395 e. The first-order valence-corrected chi connectivity index (χ1v) is 4.58. The maximum absolute atomic E-state index is 11.0. The molecule has 0 atom stereocenters. The zero-order valence-corrected chi connectivity index (χ0v) is 8.68. The SMILES string of the molecule is CC(C)(C)NCCC(=O)NCCO. The molecule has 1 amide bonds. The van der Waals surface area contributed by atoms with Gasteiger partial charge in [-0.3, -0.25) is 4.79 Å². The Morgan fingerprint density at radius 1 is 1.31 bits per heavy atom. The second-order valence-electron chi connectivity index (χ2n) is 4.00. The molecule has 0 rings (SSSR count). The fourth-order valence-corrected chi connectivity index (χ4v) is 0.835. The van der Waals surface area contributed by atoms with Gasteiger partial charge in [0.1, 0.15) is 0 Å². The number of carbonyl (C=O) groups excluding carboxylic acids is 1. The minimum atomic E-state index is -0.0224. The molecule has 0 fully saturated rings. The van der Waals surface area contributed by atoms with Crippen LogP contribution in [0.25, 0.3) is 0 Å². The van der Waals surface area contributed by atoms with Gasteiger partial charge in [0.15, 0.2) is 0 Å². The fourth-order valence-electron chi connectivity index (χ4n) is 0.835. The predicted octanol–water partition coefficient (Wildman–Crippen LogP) is -0.127. The molecule has 4 heteroatoms. The molecule has 0 bridgehead atoms. The van der Waals surface area contributed by atoms with Crippen LogP contribution in [-0.4, -0.2) is 36.2 Å². The predicted molar refractivity (Wildman–Crippen MR) is 52.5 cm³/mol. The van der Waals surface area contributed by atoms with Crippen LogP contribution >= 0.6 is 0 Å². The van der Waals surface area contributed by atoms with Crippen molar-refractivity contribution < 1.29 is 9.90 Å². The van der Waals surface area contributed by atoms with Crippen molar-refractivity contribution in [2.24, 2.45) is 0 Å². The van der Waals surface area contributed by atoms with Gasteiger partial charge in [0.2, 0.25) is 5.91 Å². The third-order valence-electron chi connectivity index (χ3n) is 1.44. The van der Waals surface area contributed by atoms with Crippen molar-refractivity contribution in [3.8, 4) is 0 Å². The van der Waals surface area contributed by atoms with Crippen LogP contribution < -0.4 is 10.6 Å². The first kappa shape index (κ1) is 12.4. The molecule has 0 aromatic heterocycles. The first-order valence-electron chi connectivity index (χ1n) is 4.58. The van der Waals surface area contributed by atoms with Gasteiger partial charge in [-0.1, -0.05) is 0 Å². The summed E-state index contributed by atoms with van der Waals surface area (Å²) in [5.41, 5.74) is 0.0528. The van der Waals surface area contributed by atoms with Crippen LogP contribution in [0.15, 0.2) is 0 Å². The molecule has 0 radical (unpaired) electrons. The Kier molecular flexibility index (Phi) is 5.66. The highest BCUT2D eigenvalue weighted by atomic mass is 16.3. The van der Waals surface area contributed by atoms with E-state index in [1.807, 2.05) is 0 Å². The highest BCUT2D eigenvalue weighted by Crippen LogP contribution is 1.97. The summed E-state index contributed by atoms with van der Waals surface area (Å²) in [5, 5.41) is 14.2. The van der Waals surface area contributed by atoms with Crippen molar-refractivity contribution in [2.75, 3.05) is 19.7 Å². The van der Waals surface area contributed by atoms with E-state index >= 15 is 0 Å². The van der Waals surface area contributed by atoms with Crippen LogP contribution in [0, 0.1) is 0 Å². The third kappa shape index (κ3) is 9.30. The van der Waals surface area contributed by atoms with E-state index in [4.69, 9.17) is 5.11 Å². The smallest absolute Gasteiger partial charge is 0.221 e. The number of rotatable bonds is 5. The Morgan fingerprint density at radius 3 is 2.38 bits per heavy atom. The molecular weight excluding hydrogens is 168 g/mol. The second kappa shape index (κ2) is 5.94. The monoisotopic (exact) mass is 188 g/mol. The number of carbonyl (C=O) groups is 1. The van der Waals surface area contributed by atoms with E-state index in [0.717, 1.165) is 0 Å². The standard InChI is InChI=1S/C9H20N2O2/c1-9(2,3)11-5-4-8(13)10-6-7-12/h11-12H,4-7H2,1-3H3,(H,10,13). The van der Waals surface area contributed by atoms with Crippen LogP contribution in [0.4, 0.5) is 0 Å².